The average molecular weight is 360 g/mol. The molecule has 0 aliphatic heterocycles. The van der Waals surface area contributed by atoms with Gasteiger partial charge in [0.1, 0.15) is 5.75 Å². The average Bonchev–Trinajstić information content (AvgIpc) is 2.58. The second kappa shape index (κ2) is 8.89. The molecule has 136 valence electrons. The molecule has 0 aliphatic carbocycles. The molecule has 6 heteroatoms. The number of alkyl halides is 2. The molecule has 2 rings (SSSR count). The number of aryl methyl sites for hydroxylation is 2. The Labute approximate surface area is 150 Å². The lowest BCUT2D eigenvalue weighted by molar-refractivity contribution is -0.136. The van der Waals surface area contributed by atoms with Crippen molar-refractivity contribution in [2.24, 2.45) is 0 Å². The maximum absolute atomic E-state index is 12.1. The van der Waals surface area contributed by atoms with Crippen LogP contribution in [0.25, 0.3) is 6.08 Å². The van der Waals surface area contributed by atoms with Gasteiger partial charge in [-0.1, -0.05) is 35.9 Å². The van der Waals surface area contributed by atoms with Crippen molar-refractivity contribution in [3.8, 4) is 5.75 Å². The molecular weight excluding hydrogens is 342 g/mol. The number of rotatable bonds is 7. The third-order valence-corrected chi connectivity index (χ3v) is 3.54. The Kier molecular flexibility index (Phi) is 6.60. The van der Waals surface area contributed by atoms with Gasteiger partial charge in [0.25, 0.3) is 0 Å². The van der Waals surface area contributed by atoms with Crippen LogP contribution in [0.3, 0.4) is 0 Å². The van der Waals surface area contributed by atoms with Crippen molar-refractivity contribution in [2.75, 3.05) is 6.61 Å². The first-order valence-electron chi connectivity index (χ1n) is 7.85. The van der Waals surface area contributed by atoms with E-state index in [0.29, 0.717) is 11.1 Å². The van der Waals surface area contributed by atoms with Crippen molar-refractivity contribution < 1.29 is 27.8 Å². The number of Topliss-reactive ketones (excluding diaryl/α,β-unsaturated/α-hetero) is 1. The highest BCUT2D eigenvalue weighted by Crippen LogP contribution is 2.16. The van der Waals surface area contributed by atoms with Gasteiger partial charge in [-0.25, -0.2) is 4.79 Å². The van der Waals surface area contributed by atoms with E-state index >= 15 is 0 Å². The minimum atomic E-state index is -2.89. The van der Waals surface area contributed by atoms with Gasteiger partial charge in [0, 0.05) is 11.6 Å². The highest BCUT2D eigenvalue weighted by Gasteiger charge is 2.11. The van der Waals surface area contributed by atoms with Gasteiger partial charge in [0.05, 0.1) is 0 Å². The molecular formula is C20H18F2O4. The molecule has 0 amide bonds. The van der Waals surface area contributed by atoms with E-state index in [9.17, 15) is 18.4 Å². The van der Waals surface area contributed by atoms with Crippen LogP contribution in [0, 0.1) is 13.8 Å². The lowest BCUT2D eigenvalue weighted by Crippen LogP contribution is -2.13. The molecule has 2 aromatic rings. The van der Waals surface area contributed by atoms with Crippen molar-refractivity contribution in [1.82, 2.24) is 0 Å². The molecule has 0 aromatic heterocycles. The molecule has 4 nitrogen and oxygen atoms in total. The first-order valence-corrected chi connectivity index (χ1v) is 7.85. The van der Waals surface area contributed by atoms with Crippen LogP contribution in [-0.4, -0.2) is 25.0 Å². The third-order valence-electron chi connectivity index (χ3n) is 3.54. The summed E-state index contributed by atoms with van der Waals surface area (Å²) in [5.41, 5.74) is 2.99. The summed E-state index contributed by atoms with van der Waals surface area (Å²) in [5.74, 6) is -0.924. The normalized spacial score (nSPS) is 11.0. The van der Waals surface area contributed by atoms with Crippen LogP contribution < -0.4 is 4.74 Å². The monoisotopic (exact) mass is 360 g/mol. The van der Waals surface area contributed by atoms with Crippen LogP contribution in [0.4, 0.5) is 8.78 Å². The fraction of sp³-hybridized carbons (Fsp3) is 0.200. The zero-order valence-electron chi connectivity index (χ0n) is 14.4. The van der Waals surface area contributed by atoms with Crippen molar-refractivity contribution in [2.45, 2.75) is 20.5 Å². The van der Waals surface area contributed by atoms with Gasteiger partial charge in [-0.05, 0) is 43.2 Å². The number of halogens is 2. The number of carbonyl (C=O) groups excluding carboxylic acids is 2. The maximum atomic E-state index is 12.1. The fourth-order valence-corrected chi connectivity index (χ4v) is 2.31. The van der Waals surface area contributed by atoms with Crippen LogP contribution in [0.2, 0.25) is 0 Å². The van der Waals surface area contributed by atoms with E-state index < -0.39 is 12.6 Å². The Bertz CT molecular complexity index is 811. The Morgan fingerprint density at radius 3 is 2.38 bits per heavy atom. The van der Waals surface area contributed by atoms with Crippen molar-refractivity contribution >= 4 is 17.8 Å². The van der Waals surface area contributed by atoms with E-state index in [0.717, 1.165) is 17.2 Å². The highest BCUT2D eigenvalue weighted by molar-refractivity contribution is 6.00. The summed E-state index contributed by atoms with van der Waals surface area (Å²) in [6, 6.07) is 11.2. The summed E-state index contributed by atoms with van der Waals surface area (Å²) in [7, 11) is 0. The van der Waals surface area contributed by atoms with E-state index in [-0.39, 0.29) is 18.1 Å². The molecule has 0 saturated carbocycles. The maximum Gasteiger partial charge on any atom is 0.387 e. The molecule has 0 saturated heterocycles. The van der Waals surface area contributed by atoms with Crippen LogP contribution in [-0.2, 0) is 9.53 Å². The summed E-state index contributed by atoms with van der Waals surface area (Å²) in [6.45, 7) is 0.511. The molecule has 0 spiro atoms. The topological polar surface area (TPSA) is 52.6 Å². The predicted octanol–water partition coefficient (Wildman–Crippen LogP) is 4.34. The Balaban J connectivity index is 1.88. The lowest BCUT2D eigenvalue weighted by Gasteiger charge is -2.06. The number of esters is 1. The second-order valence-electron chi connectivity index (χ2n) is 5.63. The Morgan fingerprint density at radius 1 is 1.08 bits per heavy atom. The van der Waals surface area contributed by atoms with E-state index in [1.807, 2.05) is 26.0 Å². The van der Waals surface area contributed by atoms with Crippen LogP contribution in [0.5, 0.6) is 5.75 Å². The zero-order chi connectivity index (χ0) is 19.1. The van der Waals surface area contributed by atoms with Gasteiger partial charge in [-0.3, -0.25) is 4.79 Å². The van der Waals surface area contributed by atoms with Crippen LogP contribution >= 0.6 is 0 Å². The van der Waals surface area contributed by atoms with E-state index in [1.54, 1.807) is 6.07 Å². The highest BCUT2D eigenvalue weighted by atomic mass is 19.3. The molecule has 0 heterocycles. The quantitative estimate of drug-likeness (QED) is 0.419. The van der Waals surface area contributed by atoms with Gasteiger partial charge in [0.15, 0.2) is 6.61 Å². The van der Waals surface area contributed by atoms with Crippen LogP contribution in [0.1, 0.15) is 27.0 Å². The van der Waals surface area contributed by atoms with E-state index in [4.69, 9.17) is 4.74 Å². The second-order valence-corrected chi connectivity index (χ2v) is 5.63. The van der Waals surface area contributed by atoms with Gasteiger partial charge in [-0.15, -0.1) is 0 Å². The van der Waals surface area contributed by atoms with Crippen molar-refractivity contribution in [3.05, 3.63) is 70.8 Å². The molecule has 0 radical (unpaired) electrons. The minimum Gasteiger partial charge on any atom is -0.454 e. The summed E-state index contributed by atoms with van der Waals surface area (Å²) in [6.07, 6.45) is 2.62. The van der Waals surface area contributed by atoms with Gasteiger partial charge >= 0.3 is 12.6 Å². The molecule has 2 aromatic carbocycles. The molecule has 0 atom stereocenters. The molecule has 0 N–H and O–H groups in total. The minimum absolute atomic E-state index is 0.0267. The van der Waals surface area contributed by atoms with Gasteiger partial charge in [0.2, 0.25) is 5.78 Å². The number of carbonyl (C=O) groups is 2. The molecule has 0 fully saturated rings. The lowest BCUT2D eigenvalue weighted by atomic mass is 10.0. The predicted molar refractivity (Wildman–Crippen MR) is 93.3 cm³/mol. The smallest absolute Gasteiger partial charge is 0.387 e. The Hall–Kier alpha value is -3.02. The summed E-state index contributed by atoms with van der Waals surface area (Å²) in [4.78, 5) is 23.8. The summed E-state index contributed by atoms with van der Waals surface area (Å²) < 4.78 is 33.3. The van der Waals surface area contributed by atoms with Crippen molar-refractivity contribution in [1.29, 1.82) is 0 Å². The van der Waals surface area contributed by atoms with E-state index in [1.165, 1.54) is 30.3 Å². The molecule has 0 bridgehead atoms. The first kappa shape index (κ1) is 19.3. The third kappa shape index (κ3) is 5.81. The Morgan fingerprint density at radius 2 is 1.77 bits per heavy atom. The first-order chi connectivity index (χ1) is 12.3. The van der Waals surface area contributed by atoms with E-state index in [2.05, 4.69) is 4.74 Å². The number of hydrogen-bond acceptors (Lipinski definition) is 4. The van der Waals surface area contributed by atoms with Crippen molar-refractivity contribution in [3.63, 3.8) is 0 Å². The fourth-order valence-electron chi connectivity index (χ4n) is 2.31. The van der Waals surface area contributed by atoms with Gasteiger partial charge in [-0.2, -0.15) is 8.78 Å². The molecule has 26 heavy (non-hydrogen) atoms. The summed E-state index contributed by atoms with van der Waals surface area (Å²) >= 11 is 0. The number of ketones is 1. The number of benzene rings is 2. The number of hydrogen-bond donors (Lipinski definition) is 0. The SMILES string of the molecule is Cc1ccc(C(=O)COC(=O)/C=C/c2ccc(OC(F)F)cc2)c(C)c1. The largest absolute Gasteiger partial charge is 0.454 e. The summed E-state index contributed by atoms with van der Waals surface area (Å²) in [5, 5.41) is 0. The zero-order valence-corrected chi connectivity index (χ0v) is 14.4. The standard InChI is InChI=1S/C20H18F2O4/c1-13-3-9-17(14(2)11-13)18(23)12-25-19(24)10-6-15-4-7-16(8-5-15)26-20(21)22/h3-11,20H,12H2,1-2H3/b10-6+. The molecule has 0 unspecified atom stereocenters. The molecule has 0 aliphatic rings. The van der Waals surface area contributed by atoms with Crippen LogP contribution in [0.15, 0.2) is 48.5 Å². The van der Waals surface area contributed by atoms with Gasteiger partial charge < -0.3 is 9.47 Å². The number of ether oxygens (including phenoxy) is 2.